The average molecular weight is 483 g/mol. The number of nitrogens with one attached hydrogen (secondary N) is 1. The van der Waals surface area contributed by atoms with Gasteiger partial charge in [-0.25, -0.2) is 5.43 Å². The molecule has 0 amide bonds. The molecular weight excluding hydrogens is 462 g/mol. The van der Waals surface area contributed by atoms with E-state index in [1.165, 1.54) is 0 Å². The number of carbonyl (C=O) groups is 1. The monoisotopic (exact) mass is 481 g/mol. The second-order valence-corrected chi connectivity index (χ2v) is 8.89. The van der Waals surface area contributed by atoms with E-state index < -0.39 is 0 Å². The summed E-state index contributed by atoms with van der Waals surface area (Å²) in [4.78, 5) is 17.4. The SMILES string of the molecule is CCOC(=O)C1CCC1C1=NC2C(Br)CNN2C(c2ccc(Br)cc2)=C1. The number of hydrazine groups is 1. The minimum Gasteiger partial charge on any atom is -0.466 e. The minimum atomic E-state index is -0.0904. The molecule has 1 saturated carbocycles. The highest BCUT2D eigenvalue weighted by molar-refractivity contribution is 9.10. The molecule has 4 atom stereocenters. The van der Waals surface area contributed by atoms with E-state index in [2.05, 4.69) is 60.5 Å². The van der Waals surface area contributed by atoms with Gasteiger partial charge >= 0.3 is 5.97 Å². The first-order chi connectivity index (χ1) is 12.6. The molecule has 0 spiro atoms. The van der Waals surface area contributed by atoms with Crippen LogP contribution in [-0.2, 0) is 9.53 Å². The molecule has 1 aliphatic carbocycles. The molecule has 138 valence electrons. The van der Waals surface area contributed by atoms with Crippen molar-refractivity contribution in [3.05, 3.63) is 40.4 Å². The number of benzene rings is 1. The summed E-state index contributed by atoms with van der Waals surface area (Å²) >= 11 is 7.24. The molecule has 2 heterocycles. The number of hydrogen-bond acceptors (Lipinski definition) is 5. The number of nitrogens with zero attached hydrogens (tertiary/aromatic N) is 2. The lowest BCUT2D eigenvalue weighted by Crippen LogP contribution is -2.44. The van der Waals surface area contributed by atoms with Crippen LogP contribution in [0.5, 0.6) is 0 Å². The maximum atomic E-state index is 12.2. The summed E-state index contributed by atoms with van der Waals surface area (Å²) in [6.45, 7) is 3.10. The lowest BCUT2D eigenvalue weighted by Gasteiger charge is -2.39. The van der Waals surface area contributed by atoms with Gasteiger partial charge in [-0.1, -0.05) is 44.0 Å². The van der Waals surface area contributed by atoms with Crippen molar-refractivity contribution in [1.82, 2.24) is 10.4 Å². The zero-order valence-corrected chi connectivity index (χ0v) is 17.7. The van der Waals surface area contributed by atoms with Gasteiger partial charge in [0.2, 0.25) is 0 Å². The van der Waals surface area contributed by atoms with Crippen molar-refractivity contribution in [2.24, 2.45) is 16.8 Å². The number of allylic oxidation sites excluding steroid dienone is 1. The maximum Gasteiger partial charge on any atom is 0.309 e. The topological polar surface area (TPSA) is 53.9 Å². The Morgan fingerprint density at radius 1 is 1.35 bits per heavy atom. The van der Waals surface area contributed by atoms with Crippen LogP contribution in [0, 0.1) is 11.8 Å². The molecule has 7 heteroatoms. The van der Waals surface area contributed by atoms with Gasteiger partial charge in [0.1, 0.15) is 6.17 Å². The number of alkyl halides is 1. The molecule has 4 unspecified atom stereocenters. The lowest BCUT2D eigenvalue weighted by molar-refractivity contribution is -0.152. The number of fused-ring (bicyclic) bond motifs is 1. The normalized spacial score (nSPS) is 30.2. The summed E-state index contributed by atoms with van der Waals surface area (Å²) < 4.78 is 6.30. The Balaban J connectivity index is 1.66. The summed E-state index contributed by atoms with van der Waals surface area (Å²) in [6.07, 6.45) is 4.00. The summed E-state index contributed by atoms with van der Waals surface area (Å²) in [7, 11) is 0. The van der Waals surface area contributed by atoms with Crippen LogP contribution < -0.4 is 5.43 Å². The van der Waals surface area contributed by atoms with Crippen LogP contribution in [0.1, 0.15) is 25.3 Å². The minimum absolute atomic E-state index is 0.00269. The Morgan fingerprint density at radius 3 is 2.77 bits per heavy atom. The summed E-state index contributed by atoms with van der Waals surface area (Å²) in [5, 5.41) is 2.13. The third-order valence-electron chi connectivity index (χ3n) is 5.25. The number of halogens is 2. The molecule has 0 aromatic heterocycles. The Morgan fingerprint density at radius 2 is 2.12 bits per heavy atom. The summed E-state index contributed by atoms with van der Waals surface area (Å²) in [6, 6.07) is 8.29. The number of aliphatic imine (C=N–C) groups is 1. The number of rotatable bonds is 4. The van der Waals surface area contributed by atoms with Crippen LogP contribution in [0.4, 0.5) is 0 Å². The fourth-order valence-corrected chi connectivity index (χ4v) is 4.51. The lowest BCUT2D eigenvalue weighted by atomic mass is 9.70. The molecule has 2 aliphatic heterocycles. The van der Waals surface area contributed by atoms with Crippen LogP contribution in [0.3, 0.4) is 0 Å². The average Bonchev–Trinajstić information content (AvgIpc) is 2.96. The van der Waals surface area contributed by atoms with Gasteiger partial charge in [0.15, 0.2) is 0 Å². The zero-order valence-electron chi connectivity index (χ0n) is 14.5. The fraction of sp³-hybridized carbons (Fsp3) is 0.474. The van der Waals surface area contributed by atoms with Gasteiger partial charge in [0.25, 0.3) is 0 Å². The smallest absolute Gasteiger partial charge is 0.309 e. The van der Waals surface area contributed by atoms with Crippen molar-refractivity contribution in [3.8, 4) is 0 Å². The van der Waals surface area contributed by atoms with Gasteiger partial charge in [-0.15, -0.1) is 0 Å². The standard InChI is InChI=1S/C19H21Br2N3O2/c1-2-26-19(25)14-8-7-13(14)16-9-17(11-3-5-12(20)6-4-11)24-18(23-16)15(21)10-22-24/h3-6,9,13-15,18,22H,2,7-8,10H2,1H3. The summed E-state index contributed by atoms with van der Waals surface area (Å²) in [5.74, 6) is 0.000152. The third-order valence-corrected chi connectivity index (χ3v) is 6.58. The Kier molecular flexibility index (Phi) is 5.21. The van der Waals surface area contributed by atoms with Gasteiger partial charge in [-0.3, -0.25) is 14.8 Å². The molecular formula is C19H21Br2N3O2. The molecule has 5 nitrogen and oxygen atoms in total. The third kappa shape index (κ3) is 3.25. The van der Waals surface area contributed by atoms with Gasteiger partial charge in [0, 0.05) is 22.6 Å². The van der Waals surface area contributed by atoms with Crippen LogP contribution in [0.15, 0.2) is 39.8 Å². The van der Waals surface area contributed by atoms with E-state index in [9.17, 15) is 4.79 Å². The number of hydrogen-bond donors (Lipinski definition) is 1. The first kappa shape index (κ1) is 18.2. The molecule has 1 saturated heterocycles. The molecule has 1 aromatic rings. The number of carbonyl (C=O) groups excluding carboxylic acids is 1. The first-order valence-electron chi connectivity index (χ1n) is 8.97. The zero-order chi connectivity index (χ0) is 18.3. The van der Waals surface area contributed by atoms with Crippen molar-refractivity contribution in [3.63, 3.8) is 0 Å². The highest BCUT2D eigenvalue weighted by atomic mass is 79.9. The summed E-state index contributed by atoms with van der Waals surface area (Å²) in [5.41, 5.74) is 6.68. The molecule has 0 radical (unpaired) electrons. The van der Waals surface area contributed by atoms with Gasteiger partial charge in [0.05, 0.1) is 23.0 Å². The highest BCUT2D eigenvalue weighted by Crippen LogP contribution is 2.41. The van der Waals surface area contributed by atoms with Crippen LogP contribution in [-0.4, -0.2) is 40.8 Å². The van der Waals surface area contributed by atoms with E-state index in [4.69, 9.17) is 9.73 Å². The van der Waals surface area contributed by atoms with E-state index in [0.717, 1.165) is 40.8 Å². The largest absolute Gasteiger partial charge is 0.466 e. The van der Waals surface area contributed by atoms with E-state index in [1.54, 1.807) is 0 Å². The van der Waals surface area contributed by atoms with Gasteiger partial charge in [-0.2, -0.15) is 0 Å². The second kappa shape index (κ2) is 7.44. The Labute approximate surface area is 170 Å². The van der Waals surface area contributed by atoms with Crippen LogP contribution >= 0.6 is 31.9 Å². The molecule has 1 N–H and O–H groups in total. The molecule has 4 rings (SSSR count). The van der Waals surface area contributed by atoms with Crippen molar-refractivity contribution in [1.29, 1.82) is 0 Å². The van der Waals surface area contributed by atoms with Crippen molar-refractivity contribution in [2.45, 2.75) is 30.8 Å². The van der Waals surface area contributed by atoms with Crippen molar-refractivity contribution in [2.75, 3.05) is 13.2 Å². The van der Waals surface area contributed by atoms with Crippen LogP contribution in [0.2, 0.25) is 0 Å². The van der Waals surface area contributed by atoms with E-state index in [1.807, 2.05) is 19.1 Å². The molecule has 0 bridgehead atoms. The predicted molar refractivity (Wildman–Crippen MR) is 109 cm³/mol. The van der Waals surface area contributed by atoms with Crippen molar-refractivity contribution < 1.29 is 9.53 Å². The quantitative estimate of drug-likeness (QED) is 0.524. The Bertz CT molecular complexity index is 763. The molecule has 2 fully saturated rings. The van der Waals surface area contributed by atoms with Crippen LogP contribution in [0.25, 0.3) is 5.70 Å². The van der Waals surface area contributed by atoms with Gasteiger partial charge < -0.3 is 4.74 Å². The van der Waals surface area contributed by atoms with E-state index in [-0.39, 0.29) is 28.8 Å². The Hall–Kier alpha value is -1.18. The molecule has 3 aliphatic rings. The molecule has 26 heavy (non-hydrogen) atoms. The van der Waals surface area contributed by atoms with E-state index >= 15 is 0 Å². The predicted octanol–water partition coefficient (Wildman–Crippen LogP) is 3.74. The van der Waals surface area contributed by atoms with Gasteiger partial charge in [-0.05, 0) is 43.5 Å². The van der Waals surface area contributed by atoms with E-state index in [0.29, 0.717) is 6.61 Å². The second-order valence-electron chi connectivity index (χ2n) is 6.79. The molecule has 1 aromatic carbocycles. The van der Waals surface area contributed by atoms with Crippen molar-refractivity contribution >= 4 is 49.2 Å². The highest BCUT2D eigenvalue weighted by Gasteiger charge is 2.44. The number of esters is 1. The fourth-order valence-electron chi connectivity index (χ4n) is 3.74. The number of ether oxygens (including phenoxy) is 1. The maximum absolute atomic E-state index is 12.2. The first-order valence-corrected chi connectivity index (χ1v) is 10.7.